The molecule has 7 heteroatoms. The van der Waals surface area contributed by atoms with Crippen molar-refractivity contribution in [2.45, 2.75) is 26.5 Å². The van der Waals surface area contributed by atoms with E-state index in [-0.39, 0.29) is 11.8 Å². The minimum Gasteiger partial charge on any atom is -0.467 e. The Bertz CT molecular complexity index is 560. The van der Waals surface area contributed by atoms with E-state index in [0.717, 1.165) is 5.56 Å². The van der Waals surface area contributed by atoms with Crippen molar-refractivity contribution >= 4 is 24.5 Å². The van der Waals surface area contributed by atoms with Gasteiger partial charge in [0.2, 0.25) is 0 Å². The number of ether oxygens (including phenoxy) is 1. The van der Waals surface area contributed by atoms with E-state index in [0.29, 0.717) is 17.6 Å². The minimum absolute atomic E-state index is 0.0928. The summed E-state index contributed by atoms with van der Waals surface area (Å²) in [5.41, 5.74) is 1.81. The Morgan fingerprint density at radius 3 is 2.76 bits per heavy atom. The second kappa shape index (κ2) is 6.28. The largest absolute Gasteiger partial charge is 0.491 e. The first-order valence-electron chi connectivity index (χ1n) is 6.75. The fourth-order valence-corrected chi connectivity index (χ4v) is 2.21. The van der Waals surface area contributed by atoms with E-state index in [1.807, 2.05) is 13.8 Å². The number of carbonyl (C=O) groups excluding carboxylic acids is 2. The van der Waals surface area contributed by atoms with Crippen LogP contribution in [-0.4, -0.2) is 37.2 Å². The third kappa shape index (κ3) is 3.25. The van der Waals surface area contributed by atoms with Gasteiger partial charge in [-0.1, -0.05) is 19.9 Å². The van der Waals surface area contributed by atoms with Crippen LogP contribution in [0.25, 0.3) is 0 Å². The molecule has 1 atom stereocenters. The average molecular weight is 291 g/mol. The maximum atomic E-state index is 12.2. The van der Waals surface area contributed by atoms with E-state index in [1.54, 1.807) is 18.2 Å². The zero-order valence-electron chi connectivity index (χ0n) is 12.3. The van der Waals surface area contributed by atoms with Crippen LogP contribution < -0.4 is 10.8 Å². The molecule has 2 N–H and O–H groups in total. The predicted octanol–water partition coefficient (Wildman–Crippen LogP) is -0.168. The zero-order valence-corrected chi connectivity index (χ0v) is 12.3. The molecule has 0 unspecified atom stereocenters. The molecule has 0 bridgehead atoms. The van der Waals surface area contributed by atoms with Crippen molar-refractivity contribution in [3.05, 3.63) is 29.3 Å². The zero-order chi connectivity index (χ0) is 15.6. The van der Waals surface area contributed by atoms with Crippen molar-refractivity contribution in [3.63, 3.8) is 0 Å². The van der Waals surface area contributed by atoms with Crippen molar-refractivity contribution in [2.75, 3.05) is 7.11 Å². The average Bonchev–Trinajstić information content (AvgIpc) is 2.84. The number of amides is 1. The number of hydrogen-bond acceptors (Lipinski definition) is 5. The first kappa shape index (κ1) is 15.5. The van der Waals surface area contributed by atoms with Gasteiger partial charge in [0, 0.05) is 5.56 Å². The Balaban J connectivity index is 2.17. The molecule has 1 aliphatic rings. The SMILES string of the molecule is COC(=O)[C@@H](NC(=O)c1ccc2c(c1)B(O)OC2)C(C)C. The Morgan fingerprint density at radius 2 is 2.14 bits per heavy atom. The summed E-state index contributed by atoms with van der Waals surface area (Å²) in [7, 11) is 0.279. The van der Waals surface area contributed by atoms with Crippen LogP contribution in [0.1, 0.15) is 29.8 Å². The predicted molar refractivity (Wildman–Crippen MR) is 76.9 cm³/mol. The van der Waals surface area contributed by atoms with Crippen LogP contribution in [0.2, 0.25) is 0 Å². The van der Waals surface area contributed by atoms with Gasteiger partial charge in [-0.3, -0.25) is 4.79 Å². The van der Waals surface area contributed by atoms with Crippen LogP contribution in [0.15, 0.2) is 18.2 Å². The van der Waals surface area contributed by atoms with Gasteiger partial charge in [-0.05, 0) is 29.1 Å². The van der Waals surface area contributed by atoms with Crippen molar-refractivity contribution < 1.29 is 24.0 Å². The highest BCUT2D eigenvalue weighted by Crippen LogP contribution is 2.12. The van der Waals surface area contributed by atoms with Gasteiger partial charge < -0.3 is 19.7 Å². The molecular formula is C14H18BNO5. The van der Waals surface area contributed by atoms with E-state index in [9.17, 15) is 14.6 Å². The standard InChI is InChI=1S/C14H18BNO5/c1-8(2)12(14(18)20-3)16-13(17)9-4-5-10-7-21-15(19)11(10)6-9/h4-6,8,12,19H,7H2,1-3H3,(H,16,17)/t12-/m0/s1. The number of hydrogen-bond donors (Lipinski definition) is 2. The minimum atomic E-state index is -1.01. The molecule has 1 aromatic rings. The van der Waals surface area contributed by atoms with Gasteiger partial charge in [0.05, 0.1) is 13.7 Å². The molecule has 6 nitrogen and oxygen atoms in total. The maximum absolute atomic E-state index is 12.2. The monoisotopic (exact) mass is 291 g/mol. The van der Waals surface area contributed by atoms with Crippen LogP contribution in [0.4, 0.5) is 0 Å². The summed E-state index contributed by atoms with van der Waals surface area (Å²) in [5, 5.41) is 12.3. The number of nitrogens with one attached hydrogen (secondary N) is 1. The lowest BCUT2D eigenvalue weighted by atomic mass is 9.78. The number of benzene rings is 1. The summed E-state index contributed by atoms with van der Waals surface area (Å²) >= 11 is 0. The molecule has 0 spiro atoms. The lowest BCUT2D eigenvalue weighted by molar-refractivity contribution is -0.144. The third-order valence-electron chi connectivity index (χ3n) is 3.48. The third-order valence-corrected chi connectivity index (χ3v) is 3.48. The molecule has 0 radical (unpaired) electrons. The second-order valence-corrected chi connectivity index (χ2v) is 5.30. The van der Waals surface area contributed by atoms with Gasteiger partial charge in [-0.15, -0.1) is 0 Å². The van der Waals surface area contributed by atoms with E-state index in [4.69, 9.17) is 4.65 Å². The van der Waals surface area contributed by atoms with Gasteiger partial charge in [0.1, 0.15) is 6.04 Å². The molecule has 1 aliphatic heterocycles. The van der Waals surface area contributed by atoms with Gasteiger partial charge in [-0.25, -0.2) is 4.79 Å². The molecule has 0 aliphatic carbocycles. The van der Waals surface area contributed by atoms with Crippen LogP contribution in [0, 0.1) is 5.92 Å². The van der Waals surface area contributed by atoms with E-state index < -0.39 is 19.1 Å². The molecule has 0 fully saturated rings. The normalized spacial score (nSPS) is 14.8. The fraction of sp³-hybridized carbons (Fsp3) is 0.429. The van der Waals surface area contributed by atoms with Crippen molar-refractivity contribution in [2.24, 2.45) is 5.92 Å². The topological polar surface area (TPSA) is 84.9 Å². The molecule has 1 amide bonds. The molecule has 0 saturated heterocycles. The molecule has 2 rings (SSSR count). The summed E-state index contributed by atoms with van der Waals surface area (Å²) in [6.07, 6.45) is 0. The van der Waals surface area contributed by atoms with Crippen LogP contribution in [-0.2, 0) is 20.8 Å². The summed E-state index contributed by atoms with van der Waals surface area (Å²) in [5.74, 6) is -0.964. The highest BCUT2D eigenvalue weighted by molar-refractivity contribution is 6.61. The Kier molecular flexibility index (Phi) is 4.64. The number of carbonyl (C=O) groups is 2. The number of rotatable bonds is 4. The van der Waals surface area contributed by atoms with Gasteiger partial charge >= 0.3 is 13.1 Å². The molecular weight excluding hydrogens is 273 g/mol. The van der Waals surface area contributed by atoms with E-state index in [1.165, 1.54) is 7.11 Å². The van der Waals surface area contributed by atoms with E-state index in [2.05, 4.69) is 10.1 Å². The molecule has 1 heterocycles. The lowest BCUT2D eigenvalue weighted by Crippen LogP contribution is -2.45. The highest BCUT2D eigenvalue weighted by atomic mass is 16.5. The van der Waals surface area contributed by atoms with E-state index >= 15 is 0 Å². The molecule has 0 saturated carbocycles. The van der Waals surface area contributed by atoms with Crippen molar-refractivity contribution in [3.8, 4) is 0 Å². The first-order valence-corrected chi connectivity index (χ1v) is 6.75. The number of methoxy groups -OCH3 is 1. The first-order chi connectivity index (χ1) is 9.93. The molecule has 0 aromatic heterocycles. The quantitative estimate of drug-likeness (QED) is 0.594. The van der Waals surface area contributed by atoms with Crippen molar-refractivity contribution in [1.29, 1.82) is 0 Å². The van der Waals surface area contributed by atoms with Gasteiger partial charge in [0.25, 0.3) is 5.91 Å². The lowest BCUT2D eigenvalue weighted by Gasteiger charge is -2.20. The van der Waals surface area contributed by atoms with Gasteiger partial charge in [0.15, 0.2) is 0 Å². The van der Waals surface area contributed by atoms with Gasteiger partial charge in [-0.2, -0.15) is 0 Å². The van der Waals surface area contributed by atoms with Crippen molar-refractivity contribution in [1.82, 2.24) is 5.32 Å². The number of fused-ring (bicyclic) bond motifs is 1. The molecule has 112 valence electrons. The highest BCUT2D eigenvalue weighted by Gasteiger charge is 2.29. The Hall–Kier alpha value is -1.86. The summed E-state index contributed by atoms with van der Waals surface area (Å²) in [4.78, 5) is 23.9. The molecule has 1 aromatic carbocycles. The van der Waals surface area contributed by atoms with Crippen LogP contribution >= 0.6 is 0 Å². The fourth-order valence-electron chi connectivity index (χ4n) is 2.21. The number of esters is 1. The summed E-state index contributed by atoms with van der Waals surface area (Å²) < 4.78 is 9.77. The van der Waals surface area contributed by atoms with Crippen LogP contribution in [0.5, 0.6) is 0 Å². The maximum Gasteiger partial charge on any atom is 0.491 e. The summed E-state index contributed by atoms with van der Waals surface area (Å²) in [6, 6.07) is 4.25. The molecule has 21 heavy (non-hydrogen) atoms. The Labute approximate surface area is 123 Å². The summed E-state index contributed by atoms with van der Waals surface area (Å²) in [6.45, 7) is 3.97. The smallest absolute Gasteiger partial charge is 0.467 e. The Morgan fingerprint density at radius 1 is 1.43 bits per heavy atom. The second-order valence-electron chi connectivity index (χ2n) is 5.30. The van der Waals surface area contributed by atoms with Crippen LogP contribution in [0.3, 0.4) is 0 Å².